The molecule has 0 aliphatic carbocycles. The van der Waals surface area contributed by atoms with E-state index in [0.29, 0.717) is 26.7 Å². The molecule has 130 valence electrons. The Balaban J connectivity index is 1.63. The monoisotopic (exact) mass is 413 g/mol. The van der Waals surface area contributed by atoms with Gasteiger partial charge in [0.05, 0.1) is 10.8 Å². The van der Waals surface area contributed by atoms with Crippen LogP contribution in [0.15, 0.2) is 28.7 Å². The number of rotatable bonds is 5. The molecule has 0 bridgehead atoms. The predicted molar refractivity (Wildman–Crippen MR) is 103 cm³/mol. The molecule has 10 heteroatoms. The van der Waals surface area contributed by atoms with E-state index < -0.39 is 0 Å². The van der Waals surface area contributed by atoms with E-state index in [2.05, 4.69) is 20.5 Å². The fourth-order valence-corrected chi connectivity index (χ4v) is 3.91. The van der Waals surface area contributed by atoms with Gasteiger partial charge in [0, 0.05) is 28.2 Å². The number of amides is 1. The van der Waals surface area contributed by atoms with Crippen LogP contribution in [0.3, 0.4) is 0 Å². The molecule has 2 aromatic heterocycles. The Labute approximate surface area is 162 Å². The summed E-state index contributed by atoms with van der Waals surface area (Å²) in [4.78, 5) is 16.5. The van der Waals surface area contributed by atoms with Crippen LogP contribution < -0.4 is 5.32 Å². The van der Waals surface area contributed by atoms with E-state index in [-0.39, 0.29) is 11.7 Å². The molecule has 0 spiro atoms. The molecule has 1 N–H and O–H groups in total. The third kappa shape index (κ3) is 4.52. The predicted octanol–water partition coefficient (Wildman–Crippen LogP) is 4.28. The lowest BCUT2D eigenvalue weighted by molar-refractivity contribution is -0.113. The highest BCUT2D eigenvalue weighted by Crippen LogP contribution is 2.25. The van der Waals surface area contributed by atoms with E-state index in [1.807, 2.05) is 23.9 Å². The normalized spacial score (nSPS) is 10.9. The van der Waals surface area contributed by atoms with E-state index in [0.717, 1.165) is 10.7 Å². The number of halogens is 2. The second-order valence-corrected chi connectivity index (χ2v) is 7.99. The van der Waals surface area contributed by atoms with Gasteiger partial charge in [0.1, 0.15) is 5.69 Å². The van der Waals surface area contributed by atoms with Crippen LogP contribution >= 0.6 is 46.3 Å². The molecule has 0 saturated carbocycles. The fourth-order valence-electron chi connectivity index (χ4n) is 2.08. The van der Waals surface area contributed by atoms with Crippen LogP contribution in [-0.4, -0.2) is 31.4 Å². The van der Waals surface area contributed by atoms with Crippen LogP contribution in [0.4, 0.5) is 5.69 Å². The SMILES string of the molecule is Cc1nc(-c2nnc(SCC(=O)Nc3cc(Cl)cc(Cl)c3)n2C)cs1. The first-order valence-electron chi connectivity index (χ1n) is 7.13. The molecule has 3 rings (SSSR count). The van der Waals surface area contributed by atoms with Crippen molar-refractivity contribution in [1.82, 2.24) is 19.7 Å². The lowest BCUT2D eigenvalue weighted by Gasteiger charge is -2.06. The summed E-state index contributed by atoms with van der Waals surface area (Å²) in [6.07, 6.45) is 0. The van der Waals surface area contributed by atoms with E-state index >= 15 is 0 Å². The number of anilines is 1. The molecule has 3 aromatic rings. The number of thioether (sulfide) groups is 1. The summed E-state index contributed by atoms with van der Waals surface area (Å²) in [6, 6.07) is 4.89. The number of thiazole rings is 1. The first-order valence-corrected chi connectivity index (χ1v) is 9.75. The summed E-state index contributed by atoms with van der Waals surface area (Å²) >= 11 is 14.7. The number of aromatic nitrogens is 4. The molecule has 2 heterocycles. The lowest BCUT2D eigenvalue weighted by atomic mass is 10.3. The molecule has 0 atom stereocenters. The maximum Gasteiger partial charge on any atom is 0.234 e. The van der Waals surface area contributed by atoms with Gasteiger partial charge in [-0.05, 0) is 25.1 Å². The average molecular weight is 414 g/mol. The summed E-state index contributed by atoms with van der Waals surface area (Å²) in [5.74, 6) is 0.679. The van der Waals surface area contributed by atoms with E-state index in [1.54, 1.807) is 29.5 Å². The van der Waals surface area contributed by atoms with Crippen molar-refractivity contribution < 1.29 is 4.79 Å². The Bertz CT molecular complexity index is 904. The molecule has 25 heavy (non-hydrogen) atoms. The molecule has 0 aliphatic rings. The first kappa shape index (κ1) is 18.2. The average Bonchev–Trinajstić information content (AvgIpc) is 3.10. The van der Waals surface area contributed by atoms with E-state index in [4.69, 9.17) is 23.2 Å². The van der Waals surface area contributed by atoms with Crippen molar-refractivity contribution in [2.75, 3.05) is 11.1 Å². The Hall–Kier alpha value is -1.61. The zero-order valence-corrected chi connectivity index (χ0v) is 16.4. The summed E-state index contributed by atoms with van der Waals surface area (Å²) in [5.41, 5.74) is 1.34. The summed E-state index contributed by atoms with van der Waals surface area (Å²) in [5, 5.41) is 15.5. The third-order valence-electron chi connectivity index (χ3n) is 3.16. The minimum Gasteiger partial charge on any atom is -0.325 e. The van der Waals surface area contributed by atoms with Crippen LogP contribution in [0.2, 0.25) is 10.0 Å². The number of hydrogen-bond donors (Lipinski definition) is 1. The van der Waals surface area contributed by atoms with Crippen molar-refractivity contribution in [3.05, 3.63) is 38.6 Å². The Morgan fingerprint density at radius 2 is 2.00 bits per heavy atom. The van der Waals surface area contributed by atoms with Gasteiger partial charge in [0.15, 0.2) is 11.0 Å². The Morgan fingerprint density at radius 3 is 2.64 bits per heavy atom. The number of benzene rings is 1. The minimum atomic E-state index is -0.183. The second kappa shape index (κ2) is 7.74. The van der Waals surface area contributed by atoms with Gasteiger partial charge in [-0.3, -0.25) is 4.79 Å². The van der Waals surface area contributed by atoms with E-state index in [9.17, 15) is 4.79 Å². The van der Waals surface area contributed by atoms with Crippen molar-refractivity contribution in [2.24, 2.45) is 7.05 Å². The third-order valence-corrected chi connectivity index (χ3v) is 5.39. The Morgan fingerprint density at radius 1 is 1.28 bits per heavy atom. The van der Waals surface area contributed by atoms with Gasteiger partial charge >= 0.3 is 0 Å². The number of nitrogens with zero attached hydrogens (tertiary/aromatic N) is 4. The maximum absolute atomic E-state index is 12.1. The van der Waals surface area contributed by atoms with Crippen LogP contribution in [0.25, 0.3) is 11.5 Å². The minimum absolute atomic E-state index is 0.183. The first-order chi connectivity index (χ1) is 11.9. The van der Waals surface area contributed by atoms with Gasteiger partial charge < -0.3 is 9.88 Å². The largest absolute Gasteiger partial charge is 0.325 e. The highest BCUT2D eigenvalue weighted by Gasteiger charge is 2.15. The van der Waals surface area contributed by atoms with Crippen LogP contribution in [0, 0.1) is 6.92 Å². The number of carbonyl (C=O) groups is 1. The number of carbonyl (C=O) groups excluding carboxylic acids is 1. The smallest absolute Gasteiger partial charge is 0.234 e. The molecule has 0 saturated heterocycles. The van der Waals surface area contributed by atoms with Crippen molar-refractivity contribution >= 4 is 57.9 Å². The second-order valence-electron chi connectivity index (χ2n) is 5.11. The van der Waals surface area contributed by atoms with Gasteiger partial charge in [0.2, 0.25) is 5.91 Å². The van der Waals surface area contributed by atoms with Gasteiger partial charge in [-0.15, -0.1) is 21.5 Å². The Kier molecular flexibility index (Phi) is 5.63. The van der Waals surface area contributed by atoms with Crippen molar-refractivity contribution in [3.63, 3.8) is 0 Å². The topological polar surface area (TPSA) is 72.7 Å². The zero-order valence-electron chi connectivity index (χ0n) is 13.3. The summed E-state index contributed by atoms with van der Waals surface area (Å²) in [7, 11) is 1.85. The summed E-state index contributed by atoms with van der Waals surface area (Å²) < 4.78 is 1.82. The van der Waals surface area contributed by atoms with E-state index in [1.165, 1.54) is 11.8 Å². The summed E-state index contributed by atoms with van der Waals surface area (Å²) in [6.45, 7) is 1.94. The molecule has 0 radical (unpaired) electrons. The molecule has 6 nitrogen and oxygen atoms in total. The maximum atomic E-state index is 12.1. The van der Waals surface area contributed by atoms with Crippen LogP contribution in [0.5, 0.6) is 0 Å². The van der Waals surface area contributed by atoms with Crippen LogP contribution in [0.1, 0.15) is 5.01 Å². The highest BCUT2D eigenvalue weighted by atomic mass is 35.5. The van der Waals surface area contributed by atoms with Gasteiger partial charge in [0.25, 0.3) is 0 Å². The van der Waals surface area contributed by atoms with Crippen molar-refractivity contribution in [2.45, 2.75) is 12.1 Å². The number of aryl methyl sites for hydroxylation is 1. The molecular formula is C15H13Cl2N5OS2. The molecule has 1 aromatic carbocycles. The van der Waals surface area contributed by atoms with Crippen molar-refractivity contribution in [3.8, 4) is 11.5 Å². The van der Waals surface area contributed by atoms with Gasteiger partial charge in [-0.2, -0.15) is 0 Å². The fraction of sp³-hybridized carbons (Fsp3) is 0.200. The molecule has 0 aliphatic heterocycles. The van der Waals surface area contributed by atoms with Gasteiger partial charge in [-0.1, -0.05) is 35.0 Å². The van der Waals surface area contributed by atoms with Crippen molar-refractivity contribution in [1.29, 1.82) is 0 Å². The number of hydrogen-bond acceptors (Lipinski definition) is 6. The quantitative estimate of drug-likeness (QED) is 0.631. The highest BCUT2D eigenvalue weighted by molar-refractivity contribution is 7.99. The zero-order chi connectivity index (χ0) is 18.0. The molecule has 0 fully saturated rings. The van der Waals surface area contributed by atoms with Gasteiger partial charge in [-0.25, -0.2) is 4.98 Å². The standard InChI is InChI=1S/C15H13Cl2N5OS2/c1-8-18-12(6-24-8)14-20-21-15(22(14)2)25-7-13(23)19-11-4-9(16)3-10(17)5-11/h3-6H,7H2,1-2H3,(H,19,23). The molecular weight excluding hydrogens is 401 g/mol. The lowest BCUT2D eigenvalue weighted by Crippen LogP contribution is -2.14. The van der Waals surface area contributed by atoms with Crippen LogP contribution in [-0.2, 0) is 11.8 Å². The molecule has 1 amide bonds. The molecule has 0 unspecified atom stereocenters. The number of nitrogens with one attached hydrogen (secondary N) is 1.